The third-order valence-corrected chi connectivity index (χ3v) is 2.65. The minimum atomic E-state index is -0.848. The maximum atomic E-state index is 12.0. The van der Waals surface area contributed by atoms with Gasteiger partial charge in [0.05, 0.1) is 11.7 Å². The second-order valence-electron chi connectivity index (χ2n) is 3.95. The largest absolute Gasteiger partial charge is 0.389 e. The van der Waals surface area contributed by atoms with Crippen LogP contribution in [0.4, 0.5) is 4.39 Å². The molecule has 1 aliphatic rings. The van der Waals surface area contributed by atoms with Gasteiger partial charge in [0.1, 0.15) is 6.67 Å². The van der Waals surface area contributed by atoms with Crippen LogP contribution in [0.25, 0.3) is 0 Å². The number of likely N-dealkylation sites (tertiary alicyclic amines) is 1. The third kappa shape index (κ3) is 2.90. The summed E-state index contributed by atoms with van der Waals surface area (Å²) in [5.74, 6) is 0. The summed E-state index contributed by atoms with van der Waals surface area (Å²) in [5, 5.41) is 9.10. The Morgan fingerprint density at radius 1 is 1.69 bits per heavy atom. The van der Waals surface area contributed by atoms with Gasteiger partial charge in [0.25, 0.3) is 0 Å². The van der Waals surface area contributed by atoms with Crippen LogP contribution in [-0.2, 0) is 4.74 Å². The molecule has 3 nitrogen and oxygen atoms in total. The van der Waals surface area contributed by atoms with Gasteiger partial charge in [-0.3, -0.25) is 4.90 Å². The van der Waals surface area contributed by atoms with Gasteiger partial charge >= 0.3 is 0 Å². The summed E-state index contributed by atoms with van der Waals surface area (Å²) < 4.78 is 17.3. The molecule has 13 heavy (non-hydrogen) atoms. The lowest BCUT2D eigenvalue weighted by Gasteiger charge is -2.23. The van der Waals surface area contributed by atoms with Crippen molar-refractivity contribution in [3.05, 3.63) is 0 Å². The SMILES string of the molecule is COC1(C)CCN(CC(O)CF)C1. The molecule has 0 radical (unpaired) electrons. The van der Waals surface area contributed by atoms with E-state index in [2.05, 4.69) is 0 Å². The summed E-state index contributed by atoms with van der Waals surface area (Å²) in [6.45, 7) is 3.44. The fourth-order valence-electron chi connectivity index (χ4n) is 1.70. The number of β-amino-alcohol motifs (C(OH)–C–C–N with tert-alkyl or cyclic N) is 1. The van der Waals surface area contributed by atoms with Crippen LogP contribution in [0.1, 0.15) is 13.3 Å². The van der Waals surface area contributed by atoms with Crippen LogP contribution in [0, 0.1) is 0 Å². The Morgan fingerprint density at radius 2 is 2.38 bits per heavy atom. The van der Waals surface area contributed by atoms with E-state index in [1.165, 1.54) is 0 Å². The van der Waals surface area contributed by atoms with Crippen LogP contribution in [0.2, 0.25) is 0 Å². The summed E-state index contributed by atoms with van der Waals surface area (Å²) in [5.41, 5.74) is -0.115. The predicted octanol–water partition coefficient (Wildman–Crippen LogP) is 0.428. The normalized spacial score (nSPS) is 32.3. The number of aliphatic hydroxyl groups excluding tert-OH is 1. The number of aliphatic hydroxyl groups is 1. The smallest absolute Gasteiger partial charge is 0.117 e. The van der Waals surface area contributed by atoms with E-state index in [1.54, 1.807) is 7.11 Å². The minimum Gasteiger partial charge on any atom is -0.389 e. The zero-order valence-electron chi connectivity index (χ0n) is 8.29. The molecule has 0 aliphatic carbocycles. The van der Waals surface area contributed by atoms with Gasteiger partial charge < -0.3 is 9.84 Å². The van der Waals surface area contributed by atoms with Gasteiger partial charge in [-0.2, -0.15) is 0 Å². The zero-order valence-corrected chi connectivity index (χ0v) is 8.29. The quantitative estimate of drug-likeness (QED) is 0.699. The molecule has 0 amide bonds. The first-order valence-corrected chi connectivity index (χ1v) is 4.61. The second kappa shape index (κ2) is 4.35. The van der Waals surface area contributed by atoms with Crippen molar-refractivity contribution in [2.45, 2.75) is 25.0 Å². The second-order valence-corrected chi connectivity index (χ2v) is 3.95. The van der Waals surface area contributed by atoms with Crippen LogP contribution in [0.5, 0.6) is 0 Å². The Labute approximate surface area is 78.5 Å². The van der Waals surface area contributed by atoms with E-state index in [9.17, 15) is 4.39 Å². The van der Waals surface area contributed by atoms with Crippen molar-refractivity contribution in [1.29, 1.82) is 0 Å². The van der Waals surface area contributed by atoms with E-state index >= 15 is 0 Å². The van der Waals surface area contributed by atoms with Crippen molar-refractivity contribution in [3.63, 3.8) is 0 Å². The molecule has 1 heterocycles. The van der Waals surface area contributed by atoms with E-state index < -0.39 is 12.8 Å². The molecule has 1 saturated heterocycles. The molecule has 0 aromatic carbocycles. The first-order valence-electron chi connectivity index (χ1n) is 4.61. The molecule has 0 aromatic heterocycles. The molecule has 2 unspecified atom stereocenters. The molecule has 0 aromatic rings. The molecule has 1 fully saturated rings. The van der Waals surface area contributed by atoms with Crippen molar-refractivity contribution in [2.24, 2.45) is 0 Å². The van der Waals surface area contributed by atoms with Gasteiger partial charge in [0.15, 0.2) is 0 Å². The van der Waals surface area contributed by atoms with Crippen LogP contribution in [0.3, 0.4) is 0 Å². The van der Waals surface area contributed by atoms with Gasteiger partial charge in [-0.25, -0.2) is 4.39 Å². The van der Waals surface area contributed by atoms with Gasteiger partial charge in [0.2, 0.25) is 0 Å². The van der Waals surface area contributed by atoms with Crippen molar-refractivity contribution in [2.75, 3.05) is 33.4 Å². The molecule has 4 heteroatoms. The summed E-state index contributed by atoms with van der Waals surface area (Å²) in [4.78, 5) is 2.04. The molecule has 1 N–H and O–H groups in total. The van der Waals surface area contributed by atoms with E-state index in [1.807, 2.05) is 11.8 Å². The Morgan fingerprint density at radius 3 is 2.85 bits per heavy atom. The summed E-state index contributed by atoms with van der Waals surface area (Å²) in [6, 6.07) is 0. The Bertz CT molecular complexity index is 168. The lowest BCUT2D eigenvalue weighted by atomic mass is 10.1. The molecule has 1 rings (SSSR count). The standard InChI is InChI=1S/C9H18FNO2/c1-9(13-2)3-4-11(7-9)6-8(12)5-10/h8,12H,3-7H2,1-2H3. The average Bonchev–Trinajstić information content (AvgIpc) is 2.48. The Kier molecular flexibility index (Phi) is 3.64. The van der Waals surface area contributed by atoms with Crippen LogP contribution in [-0.4, -0.2) is 55.1 Å². The number of hydrogen-bond donors (Lipinski definition) is 1. The molecule has 78 valence electrons. The van der Waals surface area contributed by atoms with Crippen LogP contribution in [0.15, 0.2) is 0 Å². The lowest BCUT2D eigenvalue weighted by Crippen LogP contribution is -2.36. The summed E-state index contributed by atoms with van der Waals surface area (Å²) >= 11 is 0. The highest BCUT2D eigenvalue weighted by molar-refractivity contribution is 4.88. The highest BCUT2D eigenvalue weighted by Gasteiger charge is 2.33. The van der Waals surface area contributed by atoms with Gasteiger partial charge in [-0.15, -0.1) is 0 Å². The molecule has 0 spiro atoms. The average molecular weight is 191 g/mol. The van der Waals surface area contributed by atoms with Crippen molar-refractivity contribution < 1.29 is 14.2 Å². The van der Waals surface area contributed by atoms with E-state index in [-0.39, 0.29) is 5.60 Å². The third-order valence-electron chi connectivity index (χ3n) is 2.65. The summed E-state index contributed by atoms with van der Waals surface area (Å²) in [7, 11) is 1.69. The monoisotopic (exact) mass is 191 g/mol. The maximum Gasteiger partial charge on any atom is 0.117 e. The highest BCUT2D eigenvalue weighted by Crippen LogP contribution is 2.23. The Balaban J connectivity index is 2.33. The number of rotatable bonds is 4. The van der Waals surface area contributed by atoms with Gasteiger partial charge in [0, 0.05) is 26.7 Å². The molecule has 0 bridgehead atoms. The van der Waals surface area contributed by atoms with Crippen LogP contribution >= 0.6 is 0 Å². The number of hydrogen-bond acceptors (Lipinski definition) is 3. The number of nitrogens with zero attached hydrogens (tertiary/aromatic N) is 1. The van der Waals surface area contributed by atoms with E-state index in [0.717, 1.165) is 19.5 Å². The lowest BCUT2D eigenvalue weighted by molar-refractivity contribution is 0.00972. The topological polar surface area (TPSA) is 32.7 Å². The highest BCUT2D eigenvalue weighted by atomic mass is 19.1. The predicted molar refractivity (Wildman–Crippen MR) is 48.5 cm³/mol. The van der Waals surface area contributed by atoms with Crippen molar-refractivity contribution in [3.8, 4) is 0 Å². The zero-order chi connectivity index (χ0) is 9.90. The maximum absolute atomic E-state index is 12.0. The fourth-order valence-corrected chi connectivity index (χ4v) is 1.70. The van der Waals surface area contributed by atoms with Crippen molar-refractivity contribution in [1.82, 2.24) is 4.90 Å². The van der Waals surface area contributed by atoms with Gasteiger partial charge in [-0.05, 0) is 13.3 Å². The first-order chi connectivity index (χ1) is 6.09. The fraction of sp³-hybridized carbons (Fsp3) is 1.00. The van der Waals surface area contributed by atoms with Gasteiger partial charge in [-0.1, -0.05) is 0 Å². The summed E-state index contributed by atoms with van der Waals surface area (Å²) in [6.07, 6.45) is 0.0990. The molecular formula is C9H18FNO2. The van der Waals surface area contributed by atoms with E-state index in [4.69, 9.17) is 9.84 Å². The molecule has 1 aliphatic heterocycles. The van der Waals surface area contributed by atoms with E-state index in [0.29, 0.717) is 6.54 Å². The first kappa shape index (κ1) is 10.9. The van der Waals surface area contributed by atoms with Crippen molar-refractivity contribution >= 4 is 0 Å². The number of halogens is 1. The minimum absolute atomic E-state index is 0.115. The Hall–Kier alpha value is -0.190. The number of alkyl halides is 1. The molecule has 2 atom stereocenters. The molecule has 0 saturated carbocycles. The number of methoxy groups -OCH3 is 1. The van der Waals surface area contributed by atoms with Crippen LogP contribution < -0.4 is 0 Å². The number of ether oxygens (including phenoxy) is 1. The molecular weight excluding hydrogens is 173 g/mol.